The zero-order valence-corrected chi connectivity index (χ0v) is 10.7. The van der Waals surface area contributed by atoms with Gasteiger partial charge in [-0.3, -0.25) is 9.59 Å². The van der Waals surface area contributed by atoms with Gasteiger partial charge in [0.1, 0.15) is 0 Å². The molecular formula is C14H15ClO3. The lowest BCUT2D eigenvalue weighted by Gasteiger charge is -2.27. The van der Waals surface area contributed by atoms with Gasteiger partial charge in [0.15, 0.2) is 5.78 Å². The van der Waals surface area contributed by atoms with Gasteiger partial charge in [0.2, 0.25) is 0 Å². The number of rotatable bonds is 3. The number of carboxylic acid groups (broad SMARTS) is 1. The third-order valence-corrected chi connectivity index (χ3v) is 3.80. The van der Waals surface area contributed by atoms with Crippen LogP contribution in [0.4, 0.5) is 0 Å². The first-order valence-electron chi connectivity index (χ1n) is 6.12. The maximum Gasteiger partial charge on any atom is 0.307 e. The number of benzene rings is 1. The summed E-state index contributed by atoms with van der Waals surface area (Å²) in [6.07, 6.45) is 3.08. The molecule has 1 saturated carbocycles. The van der Waals surface area contributed by atoms with Crippen molar-refractivity contribution < 1.29 is 14.7 Å². The summed E-state index contributed by atoms with van der Waals surface area (Å²) in [5.41, 5.74) is 0.553. The molecule has 0 saturated heterocycles. The van der Waals surface area contributed by atoms with Crippen LogP contribution in [0, 0.1) is 11.8 Å². The van der Waals surface area contributed by atoms with Gasteiger partial charge in [-0.15, -0.1) is 0 Å². The van der Waals surface area contributed by atoms with Crippen LogP contribution in [0.5, 0.6) is 0 Å². The second-order valence-corrected chi connectivity index (χ2v) is 5.14. The van der Waals surface area contributed by atoms with Crippen molar-refractivity contribution in [2.75, 3.05) is 0 Å². The molecule has 1 fully saturated rings. The van der Waals surface area contributed by atoms with Gasteiger partial charge in [-0.2, -0.15) is 0 Å². The summed E-state index contributed by atoms with van der Waals surface area (Å²) in [6.45, 7) is 0. The summed E-state index contributed by atoms with van der Waals surface area (Å²) >= 11 is 5.78. The van der Waals surface area contributed by atoms with Crippen LogP contribution in [0.15, 0.2) is 24.3 Å². The van der Waals surface area contributed by atoms with E-state index in [0.29, 0.717) is 23.4 Å². The van der Waals surface area contributed by atoms with Crippen LogP contribution in [0.1, 0.15) is 36.0 Å². The van der Waals surface area contributed by atoms with Gasteiger partial charge in [0.25, 0.3) is 0 Å². The second-order valence-electron chi connectivity index (χ2n) is 4.71. The molecule has 2 atom stereocenters. The number of carboxylic acids is 1. The van der Waals surface area contributed by atoms with Gasteiger partial charge in [-0.05, 0) is 37.1 Å². The third-order valence-electron chi connectivity index (χ3n) is 3.55. The Hall–Kier alpha value is -1.35. The van der Waals surface area contributed by atoms with E-state index in [9.17, 15) is 14.7 Å². The van der Waals surface area contributed by atoms with Crippen molar-refractivity contribution in [1.82, 2.24) is 0 Å². The highest BCUT2D eigenvalue weighted by atomic mass is 35.5. The monoisotopic (exact) mass is 266 g/mol. The number of aliphatic carboxylic acids is 1. The molecule has 0 aromatic heterocycles. The summed E-state index contributed by atoms with van der Waals surface area (Å²) < 4.78 is 0. The normalized spacial score (nSPS) is 23.6. The molecule has 0 radical (unpaired) electrons. The molecule has 18 heavy (non-hydrogen) atoms. The lowest BCUT2D eigenvalue weighted by atomic mass is 9.75. The largest absolute Gasteiger partial charge is 0.481 e. The van der Waals surface area contributed by atoms with E-state index in [1.807, 2.05) is 0 Å². The Labute approximate surface area is 111 Å². The molecule has 1 aromatic rings. The van der Waals surface area contributed by atoms with E-state index in [2.05, 4.69) is 0 Å². The molecule has 0 amide bonds. The molecule has 1 N–H and O–H groups in total. The number of ketones is 1. The number of carbonyl (C=O) groups is 2. The van der Waals surface area contributed by atoms with E-state index >= 15 is 0 Å². The number of Topliss-reactive ketones (excluding diaryl/α,β-unsaturated/α-hetero) is 1. The lowest BCUT2D eigenvalue weighted by molar-refractivity contribution is -0.144. The summed E-state index contributed by atoms with van der Waals surface area (Å²) in [5.74, 6) is -1.86. The predicted molar refractivity (Wildman–Crippen MR) is 68.9 cm³/mol. The zero-order valence-electron chi connectivity index (χ0n) is 9.93. The van der Waals surface area contributed by atoms with Crippen LogP contribution in [0.25, 0.3) is 0 Å². The first-order chi connectivity index (χ1) is 8.59. The molecule has 0 heterocycles. The van der Waals surface area contributed by atoms with Crippen molar-refractivity contribution in [2.45, 2.75) is 25.7 Å². The minimum Gasteiger partial charge on any atom is -0.481 e. The van der Waals surface area contributed by atoms with Crippen molar-refractivity contribution >= 4 is 23.4 Å². The molecule has 0 unspecified atom stereocenters. The Morgan fingerprint density at radius 2 is 1.61 bits per heavy atom. The average Bonchev–Trinajstić information content (AvgIpc) is 2.39. The number of hydrogen-bond donors (Lipinski definition) is 1. The minimum absolute atomic E-state index is 0.0706. The van der Waals surface area contributed by atoms with Crippen LogP contribution >= 0.6 is 11.6 Å². The van der Waals surface area contributed by atoms with Crippen molar-refractivity contribution in [3.8, 4) is 0 Å². The smallest absolute Gasteiger partial charge is 0.307 e. The highest BCUT2D eigenvalue weighted by Crippen LogP contribution is 2.33. The first-order valence-corrected chi connectivity index (χ1v) is 6.50. The van der Waals surface area contributed by atoms with E-state index in [4.69, 9.17) is 11.6 Å². The molecule has 1 aliphatic carbocycles. The summed E-state index contributed by atoms with van der Waals surface area (Å²) in [4.78, 5) is 23.5. The van der Waals surface area contributed by atoms with Crippen molar-refractivity contribution in [3.63, 3.8) is 0 Å². The van der Waals surface area contributed by atoms with Gasteiger partial charge in [-0.1, -0.05) is 24.4 Å². The predicted octanol–water partition coefficient (Wildman–Crippen LogP) is 3.41. The molecule has 0 spiro atoms. The van der Waals surface area contributed by atoms with E-state index in [1.165, 1.54) is 0 Å². The standard InChI is InChI=1S/C14H15ClO3/c15-10-7-5-9(6-8-10)13(16)11-3-1-2-4-12(11)14(17)18/h5-8,11-12H,1-4H2,(H,17,18)/t11-,12+/m1/s1. The molecule has 0 aliphatic heterocycles. The Kier molecular flexibility index (Phi) is 4.02. The highest BCUT2D eigenvalue weighted by molar-refractivity contribution is 6.30. The van der Waals surface area contributed by atoms with Crippen molar-refractivity contribution in [1.29, 1.82) is 0 Å². The van der Waals surface area contributed by atoms with E-state index in [0.717, 1.165) is 12.8 Å². The third kappa shape index (κ3) is 2.72. The Morgan fingerprint density at radius 3 is 2.17 bits per heavy atom. The van der Waals surface area contributed by atoms with Gasteiger partial charge in [-0.25, -0.2) is 0 Å². The summed E-state index contributed by atoms with van der Waals surface area (Å²) in [5, 5.41) is 9.75. The van der Waals surface area contributed by atoms with E-state index in [-0.39, 0.29) is 5.78 Å². The molecule has 96 valence electrons. The Balaban J connectivity index is 2.20. The van der Waals surface area contributed by atoms with Crippen LogP contribution in [0.2, 0.25) is 5.02 Å². The zero-order chi connectivity index (χ0) is 13.1. The summed E-state index contributed by atoms with van der Waals surface area (Å²) in [6, 6.07) is 6.65. The van der Waals surface area contributed by atoms with Crippen LogP contribution < -0.4 is 0 Å². The van der Waals surface area contributed by atoms with Crippen molar-refractivity contribution in [2.24, 2.45) is 11.8 Å². The minimum atomic E-state index is -0.859. The summed E-state index contributed by atoms with van der Waals surface area (Å²) in [7, 11) is 0. The molecular weight excluding hydrogens is 252 g/mol. The highest BCUT2D eigenvalue weighted by Gasteiger charge is 2.35. The molecule has 3 nitrogen and oxygen atoms in total. The van der Waals surface area contributed by atoms with Crippen molar-refractivity contribution in [3.05, 3.63) is 34.9 Å². The fourth-order valence-corrected chi connectivity index (χ4v) is 2.69. The fourth-order valence-electron chi connectivity index (χ4n) is 2.57. The van der Waals surface area contributed by atoms with Crippen LogP contribution in [0.3, 0.4) is 0 Å². The van der Waals surface area contributed by atoms with E-state index in [1.54, 1.807) is 24.3 Å². The van der Waals surface area contributed by atoms with Crippen LogP contribution in [-0.4, -0.2) is 16.9 Å². The fraction of sp³-hybridized carbons (Fsp3) is 0.429. The molecule has 1 aromatic carbocycles. The van der Waals surface area contributed by atoms with Crippen LogP contribution in [-0.2, 0) is 4.79 Å². The molecule has 4 heteroatoms. The quantitative estimate of drug-likeness (QED) is 0.853. The maximum atomic E-state index is 12.3. The molecule has 2 rings (SSSR count). The van der Waals surface area contributed by atoms with Gasteiger partial charge in [0.05, 0.1) is 5.92 Å². The van der Waals surface area contributed by atoms with E-state index < -0.39 is 17.8 Å². The van der Waals surface area contributed by atoms with Gasteiger partial charge in [0, 0.05) is 16.5 Å². The lowest BCUT2D eigenvalue weighted by Crippen LogP contribution is -2.32. The Morgan fingerprint density at radius 1 is 1.06 bits per heavy atom. The Bertz CT molecular complexity index is 453. The second kappa shape index (κ2) is 5.53. The molecule has 0 bridgehead atoms. The van der Waals surface area contributed by atoms with Gasteiger partial charge < -0.3 is 5.11 Å². The number of hydrogen-bond acceptors (Lipinski definition) is 2. The number of halogens is 1. The van der Waals surface area contributed by atoms with Gasteiger partial charge >= 0.3 is 5.97 Å². The number of carbonyl (C=O) groups excluding carboxylic acids is 1. The topological polar surface area (TPSA) is 54.4 Å². The molecule has 1 aliphatic rings. The average molecular weight is 267 g/mol. The first kappa shape index (κ1) is 13.1. The maximum absolute atomic E-state index is 12.3. The SMILES string of the molecule is O=C(O)[C@H]1CCCC[C@H]1C(=O)c1ccc(Cl)cc1.